The number of amides is 1. The highest BCUT2D eigenvalue weighted by molar-refractivity contribution is 6.04. The number of aryl methyl sites for hydroxylation is 1. The van der Waals surface area contributed by atoms with Crippen molar-refractivity contribution in [2.24, 2.45) is 5.10 Å². The van der Waals surface area contributed by atoms with Crippen molar-refractivity contribution in [1.82, 2.24) is 10.7 Å². The van der Waals surface area contributed by atoms with Crippen LogP contribution in [0, 0.1) is 12.7 Å². The highest BCUT2D eigenvalue weighted by atomic mass is 19.1. The van der Waals surface area contributed by atoms with Crippen LogP contribution >= 0.6 is 0 Å². The molecule has 0 saturated carbocycles. The number of rotatable bonds is 3. The van der Waals surface area contributed by atoms with E-state index in [0.717, 1.165) is 31.5 Å². The summed E-state index contributed by atoms with van der Waals surface area (Å²) in [6, 6.07) is 3.31. The van der Waals surface area contributed by atoms with Gasteiger partial charge in [0.2, 0.25) is 5.91 Å². The van der Waals surface area contributed by atoms with E-state index < -0.39 is 0 Å². The van der Waals surface area contributed by atoms with Crippen LogP contribution < -0.4 is 15.5 Å². The number of benzene rings is 1. The summed E-state index contributed by atoms with van der Waals surface area (Å²) in [6.07, 6.45) is 2.75. The Morgan fingerprint density at radius 1 is 1.27 bits per heavy atom. The summed E-state index contributed by atoms with van der Waals surface area (Å²) in [5, 5.41) is 7.27. The van der Waals surface area contributed by atoms with Crippen LogP contribution in [-0.2, 0) is 4.79 Å². The number of hydrogen-bond donors (Lipinski definition) is 2. The van der Waals surface area contributed by atoms with Gasteiger partial charge in [-0.15, -0.1) is 0 Å². The number of carbonyl (C=O) groups is 1. The molecule has 1 aromatic carbocycles. The minimum atomic E-state index is -0.367. The molecule has 0 radical (unpaired) electrons. The van der Waals surface area contributed by atoms with Gasteiger partial charge in [0.25, 0.3) is 0 Å². The topological polar surface area (TPSA) is 62.7 Å². The van der Waals surface area contributed by atoms with E-state index in [1.165, 1.54) is 6.07 Å². The molecule has 2 N–H and O–H groups in total. The van der Waals surface area contributed by atoms with Crippen molar-refractivity contribution in [3.8, 4) is 5.75 Å². The Balaban J connectivity index is 1.80. The minimum Gasteiger partial charge on any atom is -0.487 e. The Labute approximate surface area is 128 Å². The Hall–Kier alpha value is -1.95. The lowest BCUT2D eigenvalue weighted by Crippen LogP contribution is -2.34. The first-order valence-corrected chi connectivity index (χ1v) is 7.67. The molecule has 0 atom stereocenters. The third-order valence-corrected chi connectivity index (χ3v) is 4.04. The zero-order valence-corrected chi connectivity index (χ0v) is 12.6. The molecule has 2 aliphatic heterocycles. The van der Waals surface area contributed by atoms with Gasteiger partial charge in [0.05, 0.1) is 5.71 Å². The highest BCUT2D eigenvalue weighted by Gasteiger charge is 2.20. The monoisotopic (exact) mass is 305 g/mol. The maximum absolute atomic E-state index is 14.4. The van der Waals surface area contributed by atoms with Gasteiger partial charge in [-0.25, -0.2) is 9.82 Å². The second-order valence-electron chi connectivity index (χ2n) is 5.76. The number of ether oxygens (including phenoxy) is 1. The second kappa shape index (κ2) is 6.44. The third kappa shape index (κ3) is 3.27. The zero-order chi connectivity index (χ0) is 15.5. The lowest BCUT2D eigenvalue weighted by molar-refractivity contribution is -0.121. The Bertz CT molecular complexity index is 586. The summed E-state index contributed by atoms with van der Waals surface area (Å²) in [4.78, 5) is 11.1. The molecule has 118 valence electrons. The third-order valence-electron chi connectivity index (χ3n) is 4.04. The molecule has 6 heteroatoms. The Morgan fingerprint density at radius 2 is 2.05 bits per heavy atom. The normalized spacial score (nSPS) is 19.5. The van der Waals surface area contributed by atoms with Gasteiger partial charge in [0.15, 0.2) is 11.6 Å². The number of nitrogens with zero attached hydrogens (tertiary/aromatic N) is 1. The average molecular weight is 305 g/mol. The largest absolute Gasteiger partial charge is 0.487 e. The predicted octanol–water partition coefficient (Wildman–Crippen LogP) is 1.88. The van der Waals surface area contributed by atoms with E-state index in [1.54, 1.807) is 0 Å². The fraction of sp³-hybridized carbons (Fsp3) is 0.500. The quantitative estimate of drug-likeness (QED) is 0.896. The van der Waals surface area contributed by atoms with Gasteiger partial charge in [-0.2, -0.15) is 5.10 Å². The second-order valence-corrected chi connectivity index (χ2v) is 5.76. The molecule has 0 aliphatic carbocycles. The fourth-order valence-corrected chi connectivity index (χ4v) is 2.81. The smallest absolute Gasteiger partial charge is 0.240 e. The van der Waals surface area contributed by atoms with Crippen LogP contribution in [-0.4, -0.2) is 30.8 Å². The van der Waals surface area contributed by atoms with Gasteiger partial charge in [-0.1, -0.05) is 0 Å². The van der Waals surface area contributed by atoms with Crippen LogP contribution in [0.2, 0.25) is 0 Å². The number of carbonyl (C=O) groups excluding carboxylic acids is 1. The molecule has 22 heavy (non-hydrogen) atoms. The van der Waals surface area contributed by atoms with Gasteiger partial charge in [0.1, 0.15) is 6.10 Å². The van der Waals surface area contributed by atoms with Crippen LogP contribution in [0.1, 0.15) is 36.8 Å². The Kier molecular flexibility index (Phi) is 4.38. The summed E-state index contributed by atoms with van der Waals surface area (Å²) in [5.74, 6) is -0.143. The van der Waals surface area contributed by atoms with E-state index in [1.807, 2.05) is 13.0 Å². The summed E-state index contributed by atoms with van der Waals surface area (Å²) < 4.78 is 20.3. The van der Waals surface area contributed by atoms with Crippen molar-refractivity contribution < 1.29 is 13.9 Å². The van der Waals surface area contributed by atoms with Crippen molar-refractivity contribution >= 4 is 11.6 Å². The molecule has 2 heterocycles. The summed E-state index contributed by atoms with van der Waals surface area (Å²) in [6.45, 7) is 3.64. The van der Waals surface area contributed by atoms with E-state index >= 15 is 0 Å². The number of nitrogens with one attached hydrogen (secondary N) is 2. The van der Waals surface area contributed by atoms with Crippen molar-refractivity contribution in [1.29, 1.82) is 0 Å². The van der Waals surface area contributed by atoms with Crippen molar-refractivity contribution in [2.75, 3.05) is 13.1 Å². The predicted molar refractivity (Wildman–Crippen MR) is 81.6 cm³/mol. The van der Waals surface area contributed by atoms with Crippen LogP contribution in [0.4, 0.5) is 4.39 Å². The molecule has 1 aromatic rings. The molecule has 1 fully saturated rings. The van der Waals surface area contributed by atoms with Gasteiger partial charge in [-0.3, -0.25) is 4.79 Å². The Morgan fingerprint density at radius 3 is 2.68 bits per heavy atom. The van der Waals surface area contributed by atoms with Gasteiger partial charge in [0, 0.05) is 18.4 Å². The van der Waals surface area contributed by atoms with Gasteiger partial charge >= 0.3 is 0 Å². The molecule has 5 nitrogen and oxygen atoms in total. The lowest BCUT2D eigenvalue weighted by Gasteiger charge is -2.25. The van der Waals surface area contributed by atoms with Crippen LogP contribution in [0.15, 0.2) is 17.2 Å². The molecular weight excluding hydrogens is 285 g/mol. The fourth-order valence-electron chi connectivity index (χ4n) is 2.81. The molecular formula is C16H20FN3O2. The minimum absolute atomic E-state index is 0.0617. The number of piperidine rings is 1. The van der Waals surface area contributed by atoms with E-state index in [-0.39, 0.29) is 17.8 Å². The molecule has 1 saturated heterocycles. The van der Waals surface area contributed by atoms with Crippen LogP contribution in [0.5, 0.6) is 5.75 Å². The van der Waals surface area contributed by atoms with Gasteiger partial charge in [-0.05, 0) is 50.6 Å². The maximum atomic E-state index is 14.4. The zero-order valence-electron chi connectivity index (χ0n) is 12.6. The van der Waals surface area contributed by atoms with E-state index in [4.69, 9.17) is 4.74 Å². The van der Waals surface area contributed by atoms with Crippen molar-refractivity contribution in [2.45, 2.75) is 38.7 Å². The molecule has 1 amide bonds. The molecule has 0 spiro atoms. The standard InChI is InChI=1S/C16H20FN3O2/c1-10-8-11(14-2-3-15(21)20-19-14)9-13(17)16(10)22-12-4-6-18-7-5-12/h8-9,12,18H,2-7H2,1H3,(H,20,21). The van der Waals surface area contributed by atoms with E-state index in [2.05, 4.69) is 15.8 Å². The molecule has 2 aliphatic rings. The lowest BCUT2D eigenvalue weighted by atomic mass is 10.0. The maximum Gasteiger partial charge on any atom is 0.240 e. The summed E-state index contributed by atoms with van der Waals surface area (Å²) in [5.41, 5.74) is 4.60. The molecule has 3 rings (SSSR count). The van der Waals surface area contributed by atoms with E-state index in [9.17, 15) is 9.18 Å². The molecule has 0 aromatic heterocycles. The molecule has 0 unspecified atom stereocenters. The first-order valence-electron chi connectivity index (χ1n) is 7.67. The summed E-state index contributed by atoms with van der Waals surface area (Å²) >= 11 is 0. The number of halogens is 1. The summed E-state index contributed by atoms with van der Waals surface area (Å²) in [7, 11) is 0. The first-order chi connectivity index (χ1) is 10.6. The number of hydrogen-bond acceptors (Lipinski definition) is 4. The van der Waals surface area contributed by atoms with Crippen molar-refractivity contribution in [3.05, 3.63) is 29.1 Å². The van der Waals surface area contributed by atoms with E-state index in [0.29, 0.717) is 29.9 Å². The van der Waals surface area contributed by atoms with Crippen LogP contribution in [0.3, 0.4) is 0 Å². The highest BCUT2D eigenvalue weighted by Crippen LogP contribution is 2.27. The first kappa shape index (κ1) is 15.0. The van der Waals surface area contributed by atoms with Gasteiger partial charge < -0.3 is 10.1 Å². The molecule has 0 bridgehead atoms. The average Bonchev–Trinajstić information content (AvgIpc) is 2.52. The number of hydrazone groups is 1. The van der Waals surface area contributed by atoms with Crippen LogP contribution in [0.25, 0.3) is 0 Å². The SMILES string of the molecule is Cc1cc(C2=NNC(=O)CC2)cc(F)c1OC1CCNCC1. The van der Waals surface area contributed by atoms with Crippen molar-refractivity contribution in [3.63, 3.8) is 0 Å².